The van der Waals surface area contributed by atoms with Gasteiger partial charge in [0.1, 0.15) is 5.60 Å². The second-order valence-corrected chi connectivity index (χ2v) is 7.37. The summed E-state index contributed by atoms with van der Waals surface area (Å²) in [5.74, 6) is -0.941. The van der Waals surface area contributed by atoms with E-state index in [0.29, 0.717) is 6.54 Å². The Labute approximate surface area is 177 Å². The molecule has 28 heavy (non-hydrogen) atoms. The third-order valence-electron chi connectivity index (χ3n) is 3.81. The zero-order valence-corrected chi connectivity index (χ0v) is 16.1. The molecule has 0 atom stereocenters. The van der Waals surface area contributed by atoms with Gasteiger partial charge < -0.3 is 15.2 Å². The maximum absolute atomic E-state index is 11.5. The monoisotopic (exact) mass is 381 g/mol. The first-order chi connectivity index (χ1) is 12.7. The van der Waals surface area contributed by atoms with E-state index in [-0.39, 0.29) is 30.5 Å². The Kier molecular flexibility index (Phi) is 9.30. The number of nitrogens with one attached hydrogen (secondary N) is 1. The van der Waals surface area contributed by atoms with Gasteiger partial charge in [-0.3, -0.25) is 4.68 Å². The summed E-state index contributed by atoms with van der Waals surface area (Å²) in [7, 11) is 0. The van der Waals surface area contributed by atoms with Crippen molar-refractivity contribution in [2.45, 2.75) is 52.2 Å². The third kappa shape index (κ3) is 8.20. The van der Waals surface area contributed by atoms with Gasteiger partial charge in [-0.25, -0.2) is 9.59 Å². The molecule has 7 nitrogen and oxygen atoms in total. The maximum atomic E-state index is 11.5. The predicted molar refractivity (Wildman–Crippen MR) is 110 cm³/mol. The van der Waals surface area contributed by atoms with Crippen molar-refractivity contribution < 1.29 is 19.4 Å². The number of carboxylic acid groups (broad SMARTS) is 1. The Hall–Kier alpha value is -2.23. The number of alkyl carbamates (subject to hydrolysis) is 1. The van der Waals surface area contributed by atoms with Crippen LogP contribution in [0.4, 0.5) is 4.79 Å². The van der Waals surface area contributed by atoms with E-state index in [1.54, 1.807) is 24.4 Å². The van der Waals surface area contributed by atoms with Gasteiger partial charge >= 0.3 is 30.9 Å². The van der Waals surface area contributed by atoms with E-state index in [1.165, 1.54) is 0 Å². The number of rotatable bonds is 8. The van der Waals surface area contributed by atoms with Crippen LogP contribution in [-0.4, -0.2) is 58.0 Å². The van der Waals surface area contributed by atoms with Crippen LogP contribution in [0.25, 0.3) is 11.1 Å². The van der Waals surface area contributed by atoms with E-state index in [0.717, 1.165) is 36.9 Å². The number of unbranched alkanes of at least 4 members (excludes halogenated alkanes) is 2. The van der Waals surface area contributed by atoms with E-state index in [2.05, 4.69) is 10.4 Å². The van der Waals surface area contributed by atoms with Gasteiger partial charge in [0.15, 0.2) is 0 Å². The van der Waals surface area contributed by atoms with E-state index in [9.17, 15) is 9.59 Å². The van der Waals surface area contributed by atoms with Gasteiger partial charge in [-0.15, -0.1) is 0 Å². The number of aryl methyl sites for hydroxylation is 1. The van der Waals surface area contributed by atoms with Gasteiger partial charge in [0, 0.05) is 24.8 Å². The molecule has 0 fully saturated rings. The average molecular weight is 381 g/mol. The number of carboxylic acids is 1. The molecule has 0 aliphatic carbocycles. The fraction of sp³-hybridized carbons (Fsp3) is 0.450. The van der Waals surface area contributed by atoms with Crippen molar-refractivity contribution in [1.82, 2.24) is 15.1 Å². The molecule has 2 aromatic rings. The van der Waals surface area contributed by atoms with Crippen LogP contribution < -0.4 is 5.32 Å². The first-order valence-corrected chi connectivity index (χ1v) is 9.07. The number of aromatic carboxylic acids is 1. The average Bonchev–Trinajstić information content (AvgIpc) is 3.05. The Balaban J connectivity index is 0.00000392. The first-order valence-electron chi connectivity index (χ1n) is 9.07. The van der Waals surface area contributed by atoms with Gasteiger partial charge in [-0.05, 0) is 57.7 Å². The van der Waals surface area contributed by atoms with E-state index in [4.69, 9.17) is 9.84 Å². The van der Waals surface area contributed by atoms with Crippen LogP contribution in [0.3, 0.4) is 0 Å². The van der Waals surface area contributed by atoms with Crippen molar-refractivity contribution in [2.24, 2.45) is 0 Å². The van der Waals surface area contributed by atoms with Gasteiger partial charge in [0.05, 0.1) is 11.8 Å². The molecule has 0 aliphatic heterocycles. The molecule has 2 rings (SSSR count). The molecule has 0 radical (unpaired) electrons. The summed E-state index contributed by atoms with van der Waals surface area (Å²) >= 11 is 0. The van der Waals surface area contributed by atoms with E-state index in [1.807, 2.05) is 37.7 Å². The minimum absolute atomic E-state index is 0. The third-order valence-corrected chi connectivity index (χ3v) is 3.81. The molecule has 0 aliphatic rings. The number of nitrogens with zero attached hydrogens (tertiary/aromatic N) is 2. The Bertz CT molecular complexity index is 784. The molecular formula is C20H28LiN3O4. The van der Waals surface area contributed by atoms with Crippen LogP contribution in [-0.2, 0) is 11.3 Å². The summed E-state index contributed by atoms with van der Waals surface area (Å²) in [6.45, 7) is 6.86. The Morgan fingerprint density at radius 2 is 1.93 bits per heavy atom. The second-order valence-electron chi connectivity index (χ2n) is 7.37. The molecule has 0 saturated heterocycles. The summed E-state index contributed by atoms with van der Waals surface area (Å²) in [6, 6.07) is 6.82. The molecule has 0 bridgehead atoms. The Morgan fingerprint density at radius 3 is 2.61 bits per heavy atom. The minimum atomic E-state index is -0.941. The summed E-state index contributed by atoms with van der Waals surface area (Å²) < 4.78 is 7.03. The molecule has 2 N–H and O–H groups in total. The number of hydrogen-bond acceptors (Lipinski definition) is 4. The zero-order chi connectivity index (χ0) is 19.9. The fourth-order valence-corrected chi connectivity index (χ4v) is 2.55. The zero-order valence-electron chi connectivity index (χ0n) is 16.1. The molecule has 8 heteroatoms. The van der Waals surface area contributed by atoms with Crippen LogP contribution in [0, 0.1) is 0 Å². The molecule has 1 amide bonds. The van der Waals surface area contributed by atoms with Crippen molar-refractivity contribution in [3.63, 3.8) is 0 Å². The summed E-state index contributed by atoms with van der Waals surface area (Å²) in [6.07, 6.45) is 6.04. The summed E-state index contributed by atoms with van der Waals surface area (Å²) in [4.78, 5) is 22.6. The second kappa shape index (κ2) is 10.9. The number of benzene rings is 1. The number of carbonyl (C=O) groups excluding carboxylic acids is 1. The predicted octanol–water partition coefficient (Wildman–Crippen LogP) is 3.29. The van der Waals surface area contributed by atoms with Gasteiger partial charge in [0.25, 0.3) is 0 Å². The first kappa shape index (κ1) is 23.8. The molecule has 0 spiro atoms. The molecule has 1 aromatic heterocycles. The molecule has 1 aromatic carbocycles. The Morgan fingerprint density at radius 1 is 1.18 bits per heavy atom. The molecule has 0 saturated carbocycles. The molecule has 0 unspecified atom stereocenters. The number of amides is 1. The van der Waals surface area contributed by atoms with Crippen molar-refractivity contribution in [1.29, 1.82) is 0 Å². The van der Waals surface area contributed by atoms with Gasteiger partial charge in [0.2, 0.25) is 0 Å². The van der Waals surface area contributed by atoms with Crippen molar-refractivity contribution in [2.75, 3.05) is 6.54 Å². The summed E-state index contributed by atoms with van der Waals surface area (Å²) in [5, 5.41) is 16.2. The summed E-state index contributed by atoms with van der Waals surface area (Å²) in [5.41, 5.74) is 1.51. The topological polar surface area (TPSA) is 93.5 Å². The number of ether oxygens (including phenoxy) is 1. The van der Waals surface area contributed by atoms with Crippen LogP contribution in [0.2, 0.25) is 0 Å². The molecular weight excluding hydrogens is 353 g/mol. The van der Waals surface area contributed by atoms with Gasteiger partial charge in [-0.1, -0.05) is 12.1 Å². The standard InChI is InChI=1S/C20H27N3O4.Li.H/c1-20(2,3)27-19(26)21-10-5-4-6-11-23-14-17(13-22-23)15-8-7-9-16(12-15)18(24)25;;/h7-9,12-14H,4-6,10-11H2,1-3H3,(H,21,26)(H,24,25);;. The molecule has 148 valence electrons. The number of carbonyl (C=O) groups is 2. The normalized spacial score (nSPS) is 10.8. The van der Waals surface area contributed by atoms with Crippen LogP contribution >= 0.6 is 0 Å². The SMILES string of the molecule is CC(C)(C)OC(=O)NCCCCCn1cc(-c2cccc(C(=O)O)c2)cn1.[LiH]. The van der Waals surface area contributed by atoms with Crippen molar-refractivity contribution >= 4 is 30.9 Å². The fourth-order valence-electron chi connectivity index (χ4n) is 2.55. The number of hydrogen-bond donors (Lipinski definition) is 2. The molecule has 1 heterocycles. The quantitative estimate of drug-likeness (QED) is 0.541. The van der Waals surface area contributed by atoms with Crippen LogP contribution in [0.15, 0.2) is 36.7 Å². The van der Waals surface area contributed by atoms with Crippen LogP contribution in [0.5, 0.6) is 0 Å². The van der Waals surface area contributed by atoms with Crippen LogP contribution in [0.1, 0.15) is 50.4 Å². The van der Waals surface area contributed by atoms with Crippen molar-refractivity contribution in [3.05, 3.63) is 42.2 Å². The van der Waals surface area contributed by atoms with E-state index >= 15 is 0 Å². The van der Waals surface area contributed by atoms with Gasteiger partial charge in [-0.2, -0.15) is 5.10 Å². The number of aromatic nitrogens is 2. The van der Waals surface area contributed by atoms with Crippen molar-refractivity contribution in [3.8, 4) is 11.1 Å². The van der Waals surface area contributed by atoms with E-state index < -0.39 is 11.6 Å².